The van der Waals surface area contributed by atoms with Crippen molar-refractivity contribution in [1.29, 1.82) is 0 Å². The van der Waals surface area contributed by atoms with E-state index >= 15 is 0 Å². The zero-order valence-corrected chi connectivity index (χ0v) is 10.6. The number of carbonyl (C=O) groups is 1. The first-order valence-corrected chi connectivity index (χ1v) is 6.43. The number of unbranched alkanes of at least 4 members (excludes halogenated alkanes) is 1. The molecule has 1 aliphatic carbocycles. The van der Waals surface area contributed by atoms with Gasteiger partial charge < -0.3 is 4.74 Å². The van der Waals surface area contributed by atoms with Crippen LogP contribution in [0.2, 0.25) is 0 Å². The summed E-state index contributed by atoms with van der Waals surface area (Å²) in [5.41, 5.74) is 1.71. The van der Waals surface area contributed by atoms with E-state index in [0.29, 0.717) is 18.1 Å². The number of aryl methyl sites for hydroxylation is 1. The fourth-order valence-electron chi connectivity index (χ4n) is 2.16. The Bertz CT molecular complexity index is 394. The number of nitrogens with zero attached hydrogens (tertiary/aromatic N) is 2. The number of carbonyl (C=O) groups excluding carboxylic acids is 1. The van der Waals surface area contributed by atoms with E-state index in [1.807, 2.05) is 11.7 Å². The molecule has 1 saturated carbocycles. The zero-order valence-electron chi connectivity index (χ0n) is 10.6. The Hall–Kier alpha value is -1.32. The minimum atomic E-state index is -0.214. The number of hydrogen-bond acceptors (Lipinski definition) is 3. The molecule has 2 rings (SSSR count). The lowest BCUT2D eigenvalue weighted by atomic mass is 9.81. The Morgan fingerprint density at radius 1 is 1.59 bits per heavy atom. The quantitative estimate of drug-likeness (QED) is 0.583. The van der Waals surface area contributed by atoms with E-state index in [9.17, 15) is 4.79 Å². The molecule has 17 heavy (non-hydrogen) atoms. The van der Waals surface area contributed by atoms with Gasteiger partial charge in [0.1, 0.15) is 5.56 Å². The van der Waals surface area contributed by atoms with Crippen LogP contribution in [0.3, 0.4) is 0 Å². The summed E-state index contributed by atoms with van der Waals surface area (Å²) in [4.78, 5) is 11.9. The third-order valence-corrected chi connectivity index (χ3v) is 3.43. The Labute approximate surface area is 102 Å². The maximum Gasteiger partial charge on any atom is 0.341 e. The van der Waals surface area contributed by atoms with Crippen molar-refractivity contribution in [2.45, 2.75) is 44.9 Å². The number of ether oxygens (including phenoxy) is 1. The van der Waals surface area contributed by atoms with Gasteiger partial charge in [-0.2, -0.15) is 5.10 Å². The summed E-state index contributed by atoms with van der Waals surface area (Å²) in [5.74, 6) is 0.282. The predicted octanol–water partition coefficient (Wildman–Crippen LogP) is 2.64. The highest BCUT2D eigenvalue weighted by atomic mass is 16.5. The van der Waals surface area contributed by atoms with Gasteiger partial charge in [-0.1, -0.05) is 19.8 Å². The third kappa shape index (κ3) is 2.51. The molecule has 0 unspecified atom stereocenters. The van der Waals surface area contributed by atoms with Gasteiger partial charge in [0.05, 0.1) is 18.5 Å². The van der Waals surface area contributed by atoms with E-state index in [2.05, 4.69) is 12.0 Å². The van der Waals surface area contributed by atoms with Crippen LogP contribution in [0.15, 0.2) is 6.20 Å². The minimum Gasteiger partial charge on any atom is -0.462 e. The first-order chi connectivity index (χ1) is 8.24. The molecular formula is C13H20N2O2. The van der Waals surface area contributed by atoms with Gasteiger partial charge in [0.2, 0.25) is 0 Å². The van der Waals surface area contributed by atoms with E-state index in [1.54, 1.807) is 6.20 Å². The van der Waals surface area contributed by atoms with Crippen molar-refractivity contribution in [2.75, 3.05) is 6.61 Å². The Balaban J connectivity index is 2.06. The second-order valence-electron chi connectivity index (χ2n) is 4.68. The molecule has 1 aliphatic rings. The molecule has 0 bridgehead atoms. The minimum absolute atomic E-state index is 0.214. The number of hydrogen-bond donors (Lipinski definition) is 0. The van der Waals surface area contributed by atoms with Crippen molar-refractivity contribution in [3.63, 3.8) is 0 Å². The first-order valence-electron chi connectivity index (χ1n) is 6.43. The average molecular weight is 236 g/mol. The molecule has 0 saturated heterocycles. The lowest BCUT2D eigenvalue weighted by molar-refractivity contribution is 0.0497. The van der Waals surface area contributed by atoms with Gasteiger partial charge in [0.15, 0.2) is 0 Å². The standard InChI is InChI=1S/C13H20N2O2/c1-3-4-8-17-13(16)11-9-14-15(2)12(11)10-6-5-7-10/h9-10H,3-8H2,1-2H3. The van der Waals surface area contributed by atoms with Crippen LogP contribution in [0.4, 0.5) is 0 Å². The molecule has 0 atom stereocenters. The smallest absolute Gasteiger partial charge is 0.341 e. The average Bonchev–Trinajstić information content (AvgIpc) is 2.59. The topological polar surface area (TPSA) is 44.1 Å². The predicted molar refractivity (Wildman–Crippen MR) is 65.0 cm³/mol. The van der Waals surface area contributed by atoms with Gasteiger partial charge in [-0.15, -0.1) is 0 Å². The van der Waals surface area contributed by atoms with Gasteiger partial charge in [-0.3, -0.25) is 4.68 Å². The highest BCUT2D eigenvalue weighted by Crippen LogP contribution is 2.37. The molecule has 1 heterocycles. The van der Waals surface area contributed by atoms with Crippen LogP contribution in [-0.2, 0) is 11.8 Å². The molecule has 1 aromatic heterocycles. The number of esters is 1. The van der Waals surface area contributed by atoms with Crippen LogP contribution in [0, 0.1) is 0 Å². The fourth-order valence-corrected chi connectivity index (χ4v) is 2.16. The van der Waals surface area contributed by atoms with Gasteiger partial charge in [-0.25, -0.2) is 4.79 Å². The fraction of sp³-hybridized carbons (Fsp3) is 0.692. The molecule has 94 valence electrons. The van der Waals surface area contributed by atoms with Crippen molar-refractivity contribution in [1.82, 2.24) is 9.78 Å². The van der Waals surface area contributed by atoms with Gasteiger partial charge in [-0.05, 0) is 19.3 Å². The summed E-state index contributed by atoms with van der Waals surface area (Å²) < 4.78 is 7.07. The molecule has 0 amide bonds. The summed E-state index contributed by atoms with van der Waals surface area (Å²) in [6, 6.07) is 0. The summed E-state index contributed by atoms with van der Waals surface area (Å²) in [6.07, 6.45) is 7.17. The maximum absolute atomic E-state index is 11.9. The van der Waals surface area contributed by atoms with Crippen molar-refractivity contribution < 1.29 is 9.53 Å². The van der Waals surface area contributed by atoms with E-state index in [0.717, 1.165) is 31.4 Å². The second-order valence-corrected chi connectivity index (χ2v) is 4.68. The van der Waals surface area contributed by atoms with Crippen molar-refractivity contribution in [3.8, 4) is 0 Å². The van der Waals surface area contributed by atoms with E-state index in [1.165, 1.54) is 6.42 Å². The van der Waals surface area contributed by atoms with Crippen LogP contribution in [0.5, 0.6) is 0 Å². The molecule has 1 aromatic rings. The molecule has 0 radical (unpaired) electrons. The van der Waals surface area contributed by atoms with E-state index in [-0.39, 0.29) is 5.97 Å². The van der Waals surface area contributed by atoms with Gasteiger partial charge in [0, 0.05) is 13.0 Å². The van der Waals surface area contributed by atoms with Gasteiger partial charge in [0.25, 0.3) is 0 Å². The monoisotopic (exact) mass is 236 g/mol. The highest BCUT2D eigenvalue weighted by Gasteiger charge is 2.28. The maximum atomic E-state index is 11.9. The summed E-state index contributed by atoms with van der Waals surface area (Å²) >= 11 is 0. The lowest BCUT2D eigenvalue weighted by Crippen LogP contribution is -2.17. The van der Waals surface area contributed by atoms with E-state index in [4.69, 9.17) is 4.74 Å². The number of rotatable bonds is 5. The summed E-state index contributed by atoms with van der Waals surface area (Å²) in [6.45, 7) is 2.59. The summed E-state index contributed by atoms with van der Waals surface area (Å²) in [7, 11) is 1.90. The molecule has 1 fully saturated rings. The van der Waals surface area contributed by atoms with E-state index < -0.39 is 0 Å². The lowest BCUT2D eigenvalue weighted by Gasteiger charge is -2.26. The van der Waals surface area contributed by atoms with Crippen LogP contribution in [0.1, 0.15) is 61.0 Å². The molecule has 0 aliphatic heterocycles. The van der Waals surface area contributed by atoms with Crippen molar-refractivity contribution >= 4 is 5.97 Å². The molecule has 4 heteroatoms. The Morgan fingerprint density at radius 3 is 2.94 bits per heavy atom. The molecule has 0 spiro atoms. The van der Waals surface area contributed by atoms with Crippen molar-refractivity contribution in [3.05, 3.63) is 17.5 Å². The first kappa shape index (κ1) is 12.1. The molecule has 4 nitrogen and oxygen atoms in total. The zero-order chi connectivity index (χ0) is 12.3. The van der Waals surface area contributed by atoms with Crippen molar-refractivity contribution in [2.24, 2.45) is 7.05 Å². The van der Waals surface area contributed by atoms with Crippen LogP contribution in [0.25, 0.3) is 0 Å². The third-order valence-electron chi connectivity index (χ3n) is 3.43. The van der Waals surface area contributed by atoms with Crippen LogP contribution < -0.4 is 0 Å². The number of aromatic nitrogens is 2. The highest BCUT2D eigenvalue weighted by molar-refractivity contribution is 5.90. The Kier molecular flexibility index (Phi) is 3.82. The second kappa shape index (κ2) is 5.34. The SMILES string of the molecule is CCCCOC(=O)c1cnn(C)c1C1CCC1. The summed E-state index contributed by atoms with van der Waals surface area (Å²) in [5, 5.41) is 4.18. The normalized spacial score (nSPS) is 15.6. The molecule has 0 N–H and O–H groups in total. The molecular weight excluding hydrogens is 216 g/mol. The van der Waals surface area contributed by atoms with Crippen LogP contribution >= 0.6 is 0 Å². The van der Waals surface area contributed by atoms with Gasteiger partial charge >= 0.3 is 5.97 Å². The van der Waals surface area contributed by atoms with Crippen LogP contribution in [-0.4, -0.2) is 22.4 Å². The molecule has 0 aromatic carbocycles. The Morgan fingerprint density at radius 2 is 2.35 bits per heavy atom. The largest absolute Gasteiger partial charge is 0.462 e.